The number of aliphatic hydroxyl groups is 1. The van der Waals surface area contributed by atoms with E-state index in [1.807, 2.05) is 12.1 Å². The van der Waals surface area contributed by atoms with Gasteiger partial charge in [-0.1, -0.05) is 37.8 Å². The summed E-state index contributed by atoms with van der Waals surface area (Å²) in [4.78, 5) is 0. The van der Waals surface area contributed by atoms with E-state index in [2.05, 4.69) is 6.92 Å². The van der Waals surface area contributed by atoms with Crippen molar-refractivity contribution < 1.29 is 9.84 Å². The summed E-state index contributed by atoms with van der Waals surface area (Å²) in [6, 6.07) is 3.89. The molecule has 0 saturated heterocycles. The van der Waals surface area contributed by atoms with Crippen molar-refractivity contribution in [3.8, 4) is 5.75 Å². The highest BCUT2D eigenvalue weighted by Gasteiger charge is 2.19. The molecule has 18 heavy (non-hydrogen) atoms. The minimum atomic E-state index is -0.289. The van der Waals surface area contributed by atoms with Gasteiger partial charge in [-0.15, -0.1) is 0 Å². The second-order valence-electron chi connectivity index (χ2n) is 5.01. The number of rotatable bonds is 6. The Labute approximate surface area is 114 Å². The molecule has 0 saturated carbocycles. The average Bonchev–Trinajstić information content (AvgIpc) is 2.77. The van der Waals surface area contributed by atoms with Gasteiger partial charge in [-0.25, -0.2) is 0 Å². The number of fused-ring (bicyclic) bond motifs is 1. The van der Waals surface area contributed by atoms with Crippen molar-refractivity contribution in [2.45, 2.75) is 51.6 Å². The number of hydrogen-bond donors (Lipinski definition) is 1. The molecule has 0 fully saturated rings. The second-order valence-corrected chi connectivity index (χ2v) is 5.44. The van der Waals surface area contributed by atoms with Crippen LogP contribution in [0.5, 0.6) is 5.75 Å². The van der Waals surface area contributed by atoms with E-state index in [1.165, 1.54) is 18.4 Å². The summed E-state index contributed by atoms with van der Waals surface area (Å²) in [5.74, 6) is 0.953. The number of hydrogen-bond acceptors (Lipinski definition) is 2. The molecular formula is C15H21ClO2. The summed E-state index contributed by atoms with van der Waals surface area (Å²) < 4.78 is 5.64. The number of ether oxygens (including phenoxy) is 1. The summed E-state index contributed by atoms with van der Waals surface area (Å²) in [5, 5.41) is 10.8. The standard InChI is InChI=1S/C15H21ClO2/c1-2-3-4-5-14(17)10-12-9-13(16)8-11-6-7-18-15(11)12/h8-9,14,17H,2-7,10H2,1H3. The smallest absolute Gasteiger partial charge is 0.126 e. The highest BCUT2D eigenvalue weighted by molar-refractivity contribution is 6.30. The first-order valence-electron chi connectivity index (χ1n) is 6.83. The van der Waals surface area contributed by atoms with E-state index in [4.69, 9.17) is 16.3 Å². The molecule has 1 N–H and O–H groups in total. The summed E-state index contributed by atoms with van der Waals surface area (Å²) in [7, 11) is 0. The molecule has 1 aliphatic rings. The zero-order valence-electron chi connectivity index (χ0n) is 10.9. The number of benzene rings is 1. The third-order valence-corrected chi connectivity index (χ3v) is 3.64. The van der Waals surface area contributed by atoms with Crippen LogP contribution in [0.2, 0.25) is 5.02 Å². The normalized spacial score (nSPS) is 15.3. The van der Waals surface area contributed by atoms with Gasteiger partial charge in [-0.3, -0.25) is 0 Å². The molecule has 0 aromatic heterocycles. The molecule has 2 nitrogen and oxygen atoms in total. The summed E-state index contributed by atoms with van der Waals surface area (Å²) >= 11 is 6.10. The van der Waals surface area contributed by atoms with E-state index in [0.717, 1.165) is 42.2 Å². The molecule has 1 unspecified atom stereocenters. The topological polar surface area (TPSA) is 29.5 Å². The summed E-state index contributed by atoms with van der Waals surface area (Å²) in [5.41, 5.74) is 2.23. The fourth-order valence-electron chi connectivity index (χ4n) is 2.48. The summed E-state index contributed by atoms with van der Waals surface area (Å²) in [6.07, 6.45) is 5.59. The molecule has 1 aromatic rings. The fourth-order valence-corrected chi connectivity index (χ4v) is 2.75. The van der Waals surface area contributed by atoms with Gasteiger partial charge in [0.2, 0.25) is 0 Å². The van der Waals surface area contributed by atoms with Crippen LogP contribution in [0.3, 0.4) is 0 Å². The lowest BCUT2D eigenvalue weighted by Gasteiger charge is -2.13. The predicted molar refractivity (Wildman–Crippen MR) is 74.5 cm³/mol. The van der Waals surface area contributed by atoms with Crippen molar-refractivity contribution >= 4 is 11.6 Å². The Morgan fingerprint density at radius 1 is 1.39 bits per heavy atom. The first-order valence-corrected chi connectivity index (χ1v) is 7.20. The predicted octanol–water partition coefficient (Wildman–Crippen LogP) is 3.76. The Hall–Kier alpha value is -0.730. The van der Waals surface area contributed by atoms with E-state index >= 15 is 0 Å². The van der Waals surface area contributed by atoms with Crippen LogP contribution < -0.4 is 4.74 Å². The second kappa shape index (κ2) is 6.44. The van der Waals surface area contributed by atoms with Crippen LogP contribution in [0.25, 0.3) is 0 Å². The quantitative estimate of drug-likeness (QED) is 0.796. The molecule has 1 aromatic carbocycles. The molecule has 0 spiro atoms. The molecule has 0 bridgehead atoms. The van der Waals surface area contributed by atoms with Gasteiger partial charge in [0.25, 0.3) is 0 Å². The molecular weight excluding hydrogens is 248 g/mol. The van der Waals surface area contributed by atoms with Gasteiger partial charge < -0.3 is 9.84 Å². The fraction of sp³-hybridized carbons (Fsp3) is 0.600. The van der Waals surface area contributed by atoms with Gasteiger partial charge in [0.1, 0.15) is 5.75 Å². The van der Waals surface area contributed by atoms with E-state index < -0.39 is 0 Å². The molecule has 2 rings (SSSR count). The SMILES string of the molecule is CCCCCC(O)Cc1cc(Cl)cc2c1OCC2. The lowest BCUT2D eigenvalue weighted by molar-refractivity contribution is 0.160. The van der Waals surface area contributed by atoms with Crippen molar-refractivity contribution in [2.75, 3.05) is 6.61 Å². The van der Waals surface area contributed by atoms with Crippen LogP contribution in [0, 0.1) is 0 Å². The molecule has 1 aliphatic heterocycles. The van der Waals surface area contributed by atoms with Gasteiger partial charge in [0.15, 0.2) is 0 Å². The highest BCUT2D eigenvalue weighted by atomic mass is 35.5. The number of unbranched alkanes of at least 4 members (excludes halogenated alkanes) is 2. The average molecular weight is 269 g/mol. The van der Waals surface area contributed by atoms with Crippen LogP contribution >= 0.6 is 11.6 Å². The van der Waals surface area contributed by atoms with Crippen LogP contribution in [0.1, 0.15) is 43.7 Å². The third kappa shape index (κ3) is 3.39. The maximum absolute atomic E-state index is 10.1. The first kappa shape index (κ1) is 13.7. The molecule has 0 radical (unpaired) electrons. The van der Waals surface area contributed by atoms with Crippen molar-refractivity contribution in [1.82, 2.24) is 0 Å². The molecule has 1 heterocycles. The van der Waals surface area contributed by atoms with E-state index in [1.54, 1.807) is 0 Å². The Morgan fingerprint density at radius 3 is 3.00 bits per heavy atom. The van der Waals surface area contributed by atoms with Gasteiger partial charge >= 0.3 is 0 Å². The Bertz CT molecular complexity index is 404. The molecule has 1 atom stereocenters. The van der Waals surface area contributed by atoms with Crippen LogP contribution in [0.15, 0.2) is 12.1 Å². The van der Waals surface area contributed by atoms with Crippen molar-refractivity contribution in [2.24, 2.45) is 0 Å². The molecule has 3 heteroatoms. The largest absolute Gasteiger partial charge is 0.493 e. The minimum absolute atomic E-state index is 0.289. The Morgan fingerprint density at radius 2 is 2.22 bits per heavy atom. The van der Waals surface area contributed by atoms with Crippen LogP contribution in [0.4, 0.5) is 0 Å². The lowest BCUT2D eigenvalue weighted by Crippen LogP contribution is -2.11. The van der Waals surface area contributed by atoms with E-state index in [0.29, 0.717) is 6.42 Å². The van der Waals surface area contributed by atoms with Crippen molar-refractivity contribution in [3.63, 3.8) is 0 Å². The third-order valence-electron chi connectivity index (χ3n) is 3.42. The molecule has 0 amide bonds. The Kier molecular flexibility index (Phi) is 4.90. The van der Waals surface area contributed by atoms with Gasteiger partial charge in [-0.05, 0) is 29.7 Å². The molecule has 0 aliphatic carbocycles. The van der Waals surface area contributed by atoms with Crippen molar-refractivity contribution in [1.29, 1.82) is 0 Å². The van der Waals surface area contributed by atoms with Crippen LogP contribution in [-0.4, -0.2) is 17.8 Å². The molecule has 100 valence electrons. The van der Waals surface area contributed by atoms with E-state index in [-0.39, 0.29) is 6.10 Å². The van der Waals surface area contributed by atoms with Crippen LogP contribution in [-0.2, 0) is 12.8 Å². The van der Waals surface area contributed by atoms with Gasteiger partial charge in [-0.2, -0.15) is 0 Å². The van der Waals surface area contributed by atoms with Gasteiger partial charge in [0, 0.05) is 17.9 Å². The number of halogens is 1. The van der Waals surface area contributed by atoms with E-state index in [9.17, 15) is 5.11 Å². The van der Waals surface area contributed by atoms with Gasteiger partial charge in [0.05, 0.1) is 12.7 Å². The minimum Gasteiger partial charge on any atom is -0.493 e. The first-order chi connectivity index (χ1) is 8.70. The number of aliphatic hydroxyl groups excluding tert-OH is 1. The maximum atomic E-state index is 10.1. The lowest BCUT2D eigenvalue weighted by atomic mass is 10.00. The Balaban J connectivity index is 2.00. The monoisotopic (exact) mass is 268 g/mol. The maximum Gasteiger partial charge on any atom is 0.126 e. The highest BCUT2D eigenvalue weighted by Crippen LogP contribution is 2.33. The van der Waals surface area contributed by atoms with Crippen molar-refractivity contribution in [3.05, 3.63) is 28.3 Å². The summed E-state index contributed by atoms with van der Waals surface area (Å²) in [6.45, 7) is 2.90. The zero-order valence-corrected chi connectivity index (χ0v) is 11.7. The zero-order chi connectivity index (χ0) is 13.0.